The Balaban J connectivity index is 2.95. The average molecular weight is 233 g/mol. The zero-order valence-electron chi connectivity index (χ0n) is 9.69. The first-order valence-corrected chi connectivity index (χ1v) is 5.35. The van der Waals surface area contributed by atoms with E-state index in [1.54, 1.807) is 25.1 Å². The number of aliphatic hydroxyl groups excluding tert-OH is 1. The lowest BCUT2D eigenvalue weighted by atomic mass is 10.1. The van der Waals surface area contributed by atoms with Gasteiger partial charge in [-0.15, -0.1) is 0 Å². The molecule has 0 heterocycles. The topological polar surface area (TPSA) is 72.5 Å². The number of benzene rings is 1. The molecule has 0 amide bonds. The van der Waals surface area contributed by atoms with Crippen molar-refractivity contribution in [1.29, 1.82) is 0 Å². The third kappa shape index (κ3) is 3.82. The lowest BCUT2D eigenvalue weighted by molar-refractivity contribution is 0.0526. The molecule has 1 aromatic rings. The molecule has 0 radical (unpaired) electrons. The van der Waals surface area contributed by atoms with Gasteiger partial charge >= 0.3 is 5.97 Å². The number of anilines is 1. The SMILES string of the molecule is CCOC(=O)c1ccc(N)c(C#CCCO)c1. The van der Waals surface area contributed by atoms with Crippen molar-refractivity contribution in [2.24, 2.45) is 0 Å². The molecule has 17 heavy (non-hydrogen) atoms. The largest absolute Gasteiger partial charge is 0.462 e. The quantitative estimate of drug-likeness (QED) is 0.467. The van der Waals surface area contributed by atoms with Gasteiger partial charge in [-0.2, -0.15) is 0 Å². The molecule has 0 aliphatic carbocycles. The van der Waals surface area contributed by atoms with Gasteiger partial charge in [0.15, 0.2) is 0 Å². The van der Waals surface area contributed by atoms with Crippen LogP contribution in [0.1, 0.15) is 29.3 Å². The lowest BCUT2D eigenvalue weighted by Crippen LogP contribution is -2.05. The number of rotatable bonds is 3. The zero-order chi connectivity index (χ0) is 12.7. The maximum absolute atomic E-state index is 11.5. The first-order chi connectivity index (χ1) is 8.19. The second-order valence-corrected chi connectivity index (χ2v) is 3.30. The molecule has 0 bridgehead atoms. The summed E-state index contributed by atoms with van der Waals surface area (Å²) in [4.78, 5) is 11.5. The summed E-state index contributed by atoms with van der Waals surface area (Å²) in [7, 11) is 0. The Hall–Kier alpha value is -1.99. The first-order valence-electron chi connectivity index (χ1n) is 5.35. The van der Waals surface area contributed by atoms with Crippen LogP contribution in [0.2, 0.25) is 0 Å². The molecule has 1 rings (SSSR count). The number of carbonyl (C=O) groups excluding carboxylic acids is 1. The van der Waals surface area contributed by atoms with Crippen molar-refractivity contribution in [2.75, 3.05) is 18.9 Å². The summed E-state index contributed by atoms with van der Waals surface area (Å²) in [6.45, 7) is 2.08. The van der Waals surface area contributed by atoms with Gasteiger partial charge in [-0.1, -0.05) is 11.8 Å². The molecule has 0 aliphatic heterocycles. The molecule has 0 saturated heterocycles. The van der Waals surface area contributed by atoms with Gasteiger partial charge in [-0.05, 0) is 25.1 Å². The van der Waals surface area contributed by atoms with Gasteiger partial charge in [0.05, 0.1) is 18.8 Å². The fraction of sp³-hybridized carbons (Fsp3) is 0.308. The smallest absolute Gasteiger partial charge is 0.338 e. The highest BCUT2D eigenvalue weighted by molar-refractivity contribution is 5.90. The maximum Gasteiger partial charge on any atom is 0.338 e. The molecule has 0 aromatic heterocycles. The number of hydrogen-bond donors (Lipinski definition) is 2. The maximum atomic E-state index is 11.5. The highest BCUT2D eigenvalue weighted by Crippen LogP contribution is 2.14. The van der Waals surface area contributed by atoms with Crippen molar-refractivity contribution in [3.8, 4) is 11.8 Å². The third-order valence-corrected chi connectivity index (χ3v) is 2.02. The Morgan fingerprint density at radius 3 is 2.94 bits per heavy atom. The molecule has 0 unspecified atom stereocenters. The van der Waals surface area contributed by atoms with Gasteiger partial charge in [0.2, 0.25) is 0 Å². The Bertz CT molecular complexity index is 457. The van der Waals surface area contributed by atoms with E-state index in [0.29, 0.717) is 29.8 Å². The van der Waals surface area contributed by atoms with Gasteiger partial charge in [0, 0.05) is 17.7 Å². The monoisotopic (exact) mass is 233 g/mol. The van der Waals surface area contributed by atoms with Crippen LogP contribution >= 0.6 is 0 Å². The standard InChI is InChI=1S/C13H15NO3/c1-2-17-13(16)11-6-7-12(14)10(9-11)5-3-4-8-15/h6-7,9,15H,2,4,8,14H2,1H3. The molecule has 0 aliphatic rings. The number of carbonyl (C=O) groups is 1. The van der Waals surface area contributed by atoms with Crippen LogP contribution in [0.15, 0.2) is 18.2 Å². The van der Waals surface area contributed by atoms with Crippen LogP contribution in [-0.4, -0.2) is 24.3 Å². The van der Waals surface area contributed by atoms with Gasteiger partial charge in [-0.3, -0.25) is 0 Å². The van der Waals surface area contributed by atoms with Crippen molar-refractivity contribution in [3.63, 3.8) is 0 Å². The Morgan fingerprint density at radius 1 is 1.53 bits per heavy atom. The number of ether oxygens (including phenoxy) is 1. The summed E-state index contributed by atoms with van der Waals surface area (Å²) in [5.74, 6) is 5.18. The molecule has 4 nitrogen and oxygen atoms in total. The molecule has 0 atom stereocenters. The van der Waals surface area contributed by atoms with E-state index in [1.807, 2.05) is 0 Å². The number of hydrogen-bond acceptors (Lipinski definition) is 4. The summed E-state index contributed by atoms with van der Waals surface area (Å²) in [5.41, 5.74) is 7.23. The van der Waals surface area contributed by atoms with Crippen molar-refractivity contribution in [2.45, 2.75) is 13.3 Å². The minimum Gasteiger partial charge on any atom is -0.462 e. The van der Waals surface area contributed by atoms with Crippen molar-refractivity contribution < 1.29 is 14.6 Å². The number of nitrogen functional groups attached to an aromatic ring is 1. The first kappa shape index (κ1) is 13.1. The van der Waals surface area contributed by atoms with E-state index in [0.717, 1.165) is 0 Å². The van der Waals surface area contributed by atoms with Crippen LogP contribution in [0, 0.1) is 11.8 Å². The Kier molecular flexibility index (Phi) is 5.05. The zero-order valence-corrected chi connectivity index (χ0v) is 9.69. The van der Waals surface area contributed by atoms with E-state index in [4.69, 9.17) is 15.6 Å². The van der Waals surface area contributed by atoms with Gasteiger partial charge in [0.1, 0.15) is 0 Å². The van der Waals surface area contributed by atoms with Gasteiger partial charge < -0.3 is 15.6 Å². The molecule has 1 aromatic carbocycles. The Morgan fingerprint density at radius 2 is 2.29 bits per heavy atom. The Labute approximate surface area is 100 Å². The molecular weight excluding hydrogens is 218 g/mol. The van der Waals surface area contributed by atoms with Crippen molar-refractivity contribution >= 4 is 11.7 Å². The predicted molar refractivity (Wildman–Crippen MR) is 65.4 cm³/mol. The van der Waals surface area contributed by atoms with Crippen molar-refractivity contribution in [3.05, 3.63) is 29.3 Å². The molecule has 3 N–H and O–H groups in total. The summed E-state index contributed by atoms with van der Waals surface area (Å²) >= 11 is 0. The lowest BCUT2D eigenvalue weighted by Gasteiger charge is -2.03. The van der Waals surface area contributed by atoms with E-state index in [-0.39, 0.29) is 6.61 Å². The van der Waals surface area contributed by atoms with E-state index in [2.05, 4.69) is 11.8 Å². The van der Waals surface area contributed by atoms with Crippen LogP contribution in [0.5, 0.6) is 0 Å². The molecule has 0 spiro atoms. The fourth-order valence-electron chi connectivity index (χ4n) is 1.22. The molecule has 0 saturated carbocycles. The van der Waals surface area contributed by atoms with Crippen LogP contribution < -0.4 is 5.73 Å². The average Bonchev–Trinajstić information content (AvgIpc) is 2.32. The highest BCUT2D eigenvalue weighted by atomic mass is 16.5. The van der Waals surface area contributed by atoms with Crippen LogP contribution in [0.3, 0.4) is 0 Å². The summed E-state index contributed by atoms with van der Waals surface area (Å²) in [6, 6.07) is 4.82. The molecule has 90 valence electrons. The van der Waals surface area contributed by atoms with E-state index in [1.165, 1.54) is 0 Å². The third-order valence-electron chi connectivity index (χ3n) is 2.02. The predicted octanol–water partition coefficient (Wildman–Crippen LogP) is 1.18. The van der Waals surface area contributed by atoms with Crippen LogP contribution in [0.25, 0.3) is 0 Å². The van der Waals surface area contributed by atoms with Crippen molar-refractivity contribution in [1.82, 2.24) is 0 Å². The highest BCUT2D eigenvalue weighted by Gasteiger charge is 2.07. The fourth-order valence-corrected chi connectivity index (χ4v) is 1.22. The van der Waals surface area contributed by atoms with E-state index in [9.17, 15) is 4.79 Å². The minimum absolute atomic E-state index is 0.00444. The summed E-state index contributed by atoms with van der Waals surface area (Å²) in [5, 5.41) is 8.62. The number of aliphatic hydroxyl groups is 1. The molecule has 4 heteroatoms. The second-order valence-electron chi connectivity index (χ2n) is 3.30. The van der Waals surface area contributed by atoms with E-state index >= 15 is 0 Å². The minimum atomic E-state index is -0.391. The second kappa shape index (κ2) is 6.56. The number of nitrogens with two attached hydrogens (primary N) is 1. The van der Waals surface area contributed by atoms with Gasteiger partial charge in [-0.25, -0.2) is 4.79 Å². The summed E-state index contributed by atoms with van der Waals surface area (Å²) < 4.78 is 4.88. The van der Waals surface area contributed by atoms with Gasteiger partial charge in [0.25, 0.3) is 0 Å². The van der Waals surface area contributed by atoms with E-state index < -0.39 is 5.97 Å². The van der Waals surface area contributed by atoms with Crippen LogP contribution in [-0.2, 0) is 4.74 Å². The normalized spacial score (nSPS) is 9.29. The summed E-state index contributed by atoms with van der Waals surface area (Å²) in [6.07, 6.45) is 0.378. The van der Waals surface area contributed by atoms with Crippen LogP contribution in [0.4, 0.5) is 5.69 Å². The molecular formula is C13H15NO3. The number of esters is 1. The molecule has 0 fully saturated rings.